The third kappa shape index (κ3) is 6.19. The van der Waals surface area contributed by atoms with Gasteiger partial charge in [-0.1, -0.05) is 29.8 Å². The molecule has 0 heterocycles. The Morgan fingerprint density at radius 2 is 1.72 bits per heavy atom. The van der Waals surface area contributed by atoms with Crippen molar-refractivity contribution >= 4 is 17.6 Å². The number of nitrogens with zero attached hydrogens (tertiary/aromatic N) is 1. The van der Waals surface area contributed by atoms with Crippen LogP contribution in [0.15, 0.2) is 47.5 Å². The number of nitrogens with two attached hydrogens (primary N) is 1. The molecule has 0 aliphatic rings. The summed E-state index contributed by atoms with van der Waals surface area (Å²) in [6.07, 6.45) is 1.93. The Morgan fingerprint density at radius 3 is 2.40 bits per heavy atom. The number of hydrogen-bond acceptors (Lipinski definition) is 3. The second kappa shape index (κ2) is 9.79. The van der Waals surface area contributed by atoms with Crippen molar-refractivity contribution in [3.63, 3.8) is 0 Å². The molecule has 0 atom stereocenters. The topological polar surface area (TPSA) is 68.9 Å². The van der Waals surface area contributed by atoms with Crippen molar-refractivity contribution in [3.05, 3.63) is 58.6 Å². The Labute approximate surface area is 153 Å². The van der Waals surface area contributed by atoms with E-state index in [1.807, 2.05) is 42.5 Å². The first-order chi connectivity index (χ1) is 12.1. The third-order valence-corrected chi connectivity index (χ3v) is 3.99. The van der Waals surface area contributed by atoms with Crippen LogP contribution < -0.4 is 20.5 Å². The number of ether oxygens (including phenoxy) is 2. The van der Waals surface area contributed by atoms with Crippen molar-refractivity contribution < 1.29 is 9.47 Å². The fraction of sp³-hybridized carbons (Fsp3) is 0.316. The van der Waals surface area contributed by atoms with Crippen LogP contribution in [0, 0.1) is 0 Å². The molecule has 0 spiro atoms. The maximum absolute atomic E-state index is 5.91. The number of hydrogen-bond donors (Lipinski definition) is 2. The summed E-state index contributed by atoms with van der Waals surface area (Å²) in [6.45, 7) is 1.25. The van der Waals surface area contributed by atoms with Crippen molar-refractivity contribution in [3.8, 4) is 11.5 Å². The van der Waals surface area contributed by atoms with Gasteiger partial charge in [-0.3, -0.25) is 0 Å². The standard InChI is InChI=1S/C19H24ClN3O2/c1-24-17-10-7-15(12-18(17)25-2)13-23-19(21)22-11-3-4-14-5-8-16(20)9-6-14/h5-10,12H,3-4,11,13H2,1-2H3,(H3,21,22,23). The predicted octanol–water partition coefficient (Wildman–Crippen LogP) is 3.39. The molecule has 134 valence electrons. The summed E-state index contributed by atoms with van der Waals surface area (Å²) in [5, 5.41) is 3.89. The van der Waals surface area contributed by atoms with E-state index >= 15 is 0 Å². The van der Waals surface area contributed by atoms with E-state index in [0.717, 1.165) is 30.0 Å². The van der Waals surface area contributed by atoms with Crippen LogP contribution in [0.5, 0.6) is 11.5 Å². The van der Waals surface area contributed by atoms with Crippen molar-refractivity contribution in [2.45, 2.75) is 19.4 Å². The summed E-state index contributed by atoms with van der Waals surface area (Å²) < 4.78 is 10.5. The zero-order chi connectivity index (χ0) is 18.1. The van der Waals surface area contributed by atoms with Gasteiger partial charge in [-0.25, -0.2) is 4.99 Å². The lowest BCUT2D eigenvalue weighted by molar-refractivity contribution is 0.354. The molecule has 0 bridgehead atoms. The first-order valence-electron chi connectivity index (χ1n) is 8.11. The van der Waals surface area contributed by atoms with Crippen LogP contribution in [0.25, 0.3) is 0 Å². The first-order valence-corrected chi connectivity index (χ1v) is 8.49. The van der Waals surface area contributed by atoms with Gasteiger partial charge in [0.1, 0.15) is 0 Å². The molecule has 0 amide bonds. The quantitative estimate of drug-likeness (QED) is 0.429. The molecule has 25 heavy (non-hydrogen) atoms. The lowest BCUT2D eigenvalue weighted by Crippen LogP contribution is -2.32. The van der Waals surface area contributed by atoms with E-state index in [4.69, 9.17) is 26.8 Å². The number of rotatable bonds is 8. The molecule has 2 rings (SSSR count). The predicted molar refractivity (Wildman–Crippen MR) is 103 cm³/mol. The van der Waals surface area contributed by atoms with E-state index < -0.39 is 0 Å². The van der Waals surface area contributed by atoms with Crippen LogP contribution in [0.2, 0.25) is 5.02 Å². The fourth-order valence-electron chi connectivity index (χ4n) is 2.37. The van der Waals surface area contributed by atoms with Crippen LogP contribution in [-0.2, 0) is 13.0 Å². The summed E-state index contributed by atoms with van der Waals surface area (Å²) >= 11 is 5.88. The zero-order valence-electron chi connectivity index (χ0n) is 14.6. The number of methoxy groups -OCH3 is 2. The molecule has 2 aromatic rings. The van der Waals surface area contributed by atoms with Gasteiger partial charge >= 0.3 is 0 Å². The number of halogens is 1. The molecule has 0 saturated heterocycles. The SMILES string of the molecule is COc1ccc(CN=C(N)NCCCc2ccc(Cl)cc2)cc1OC. The summed E-state index contributed by atoms with van der Waals surface area (Å²) in [5.74, 6) is 1.82. The number of aliphatic imine (C=N–C) groups is 1. The highest BCUT2D eigenvalue weighted by Gasteiger charge is 2.04. The van der Waals surface area contributed by atoms with Gasteiger partial charge in [0.15, 0.2) is 17.5 Å². The van der Waals surface area contributed by atoms with E-state index in [2.05, 4.69) is 10.3 Å². The van der Waals surface area contributed by atoms with Crippen molar-refractivity contribution in [1.82, 2.24) is 5.32 Å². The van der Waals surface area contributed by atoms with Gasteiger partial charge in [-0.05, 0) is 48.2 Å². The van der Waals surface area contributed by atoms with Gasteiger partial charge < -0.3 is 20.5 Å². The van der Waals surface area contributed by atoms with E-state index in [1.165, 1.54) is 5.56 Å². The largest absolute Gasteiger partial charge is 0.493 e. The Hall–Kier alpha value is -2.40. The monoisotopic (exact) mass is 361 g/mol. The summed E-state index contributed by atoms with van der Waals surface area (Å²) in [6, 6.07) is 13.6. The van der Waals surface area contributed by atoms with E-state index in [9.17, 15) is 0 Å². The molecule has 0 aliphatic carbocycles. The molecule has 2 aromatic carbocycles. The number of nitrogens with one attached hydrogen (secondary N) is 1. The number of benzene rings is 2. The summed E-state index contributed by atoms with van der Waals surface area (Å²) in [4.78, 5) is 4.35. The molecule has 0 aromatic heterocycles. The molecule has 5 nitrogen and oxygen atoms in total. The Morgan fingerprint density at radius 1 is 1.04 bits per heavy atom. The molecule has 3 N–H and O–H groups in total. The van der Waals surface area contributed by atoms with Gasteiger partial charge in [0.05, 0.1) is 20.8 Å². The molecule has 0 unspecified atom stereocenters. The molecule has 6 heteroatoms. The van der Waals surface area contributed by atoms with E-state index in [1.54, 1.807) is 14.2 Å². The van der Waals surface area contributed by atoms with Gasteiger partial charge in [0.2, 0.25) is 0 Å². The maximum atomic E-state index is 5.91. The highest BCUT2D eigenvalue weighted by Crippen LogP contribution is 2.27. The lowest BCUT2D eigenvalue weighted by atomic mass is 10.1. The lowest BCUT2D eigenvalue weighted by Gasteiger charge is -2.09. The van der Waals surface area contributed by atoms with Crippen LogP contribution in [0.3, 0.4) is 0 Å². The average Bonchev–Trinajstić information content (AvgIpc) is 2.64. The smallest absolute Gasteiger partial charge is 0.188 e. The van der Waals surface area contributed by atoms with Crippen LogP contribution in [-0.4, -0.2) is 26.7 Å². The Balaban J connectivity index is 1.76. The van der Waals surface area contributed by atoms with Gasteiger partial charge in [-0.15, -0.1) is 0 Å². The van der Waals surface area contributed by atoms with Crippen LogP contribution in [0.1, 0.15) is 17.5 Å². The molecular weight excluding hydrogens is 338 g/mol. The van der Waals surface area contributed by atoms with Crippen LogP contribution in [0.4, 0.5) is 0 Å². The average molecular weight is 362 g/mol. The summed E-state index contributed by atoms with van der Waals surface area (Å²) in [5.41, 5.74) is 8.17. The highest BCUT2D eigenvalue weighted by atomic mass is 35.5. The number of guanidine groups is 1. The second-order valence-corrected chi connectivity index (χ2v) is 5.98. The molecular formula is C19H24ClN3O2. The van der Waals surface area contributed by atoms with Crippen molar-refractivity contribution in [1.29, 1.82) is 0 Å². The normalized spacial score (nSPS) is 11.2. The second-order valence-electron chi connectivity index (χ2n) is 5.55. The number of aryl methyl sites for hydroxylation is 1. The molecule has 0 radical (unpaired) electrons. The minimum Gasteiger partial charge on any atom is -0.493 e. The van der Waals surface area contributed by atoms with Gasteiger partial charge in [-0.2, -0.15) is 0 Å². The first kappa shape index (κ1) is 18.9. The van der Waals surface area contributed by atoms with Crippen LogP contribution >= 0.6 is 11.6 Å². The van der Waals surface area contributed by atoms with E-state index in [-0.39, 0.29) is 0 Å². The van der Waals surface area contributed by atoms with Crippen molar-refractivity contribution in [2.75, 3.05) is 20.8 Å². The Kier molecular flexibility index (Phi) is 7.41. The molecule has 0 fully saturated rings. The van der Waals surface area contributed by atoms with Gasteiger partial charge in [0, 0.05) is 11.6 Å². The zero-order valence-corrected chi connectivity index (χ0v) is 15.3. The van der Waals surface area contributed by atoms with Gasteiger partial charge in [0.25, 0.3) is 0 Å². The Bertz CT molecular complexity index is 702. The minimum absolute atomic E-state index is 0.436. The third-order valence-electron chi connectivity index (χ3n) is 3.74. The molecule has 0 saturated carbocycles. The highest BCUT2D eigenvalue weighted by molar-refractivity contribution is 6.30. The minimum atomic E-state index is 0.436. The van der Waals surface area contributed by atoms with Crippen molar-refractivity contribution in [2.24, 2.45) is 10.7 Å². The molecule has 0 aliphatic heterocycles. The summed E-state index contributed by atoms with van der Waals surface area (Å²) in [7, 11) is 3.23. The van der Waals surface area contributed by atoms with E-state index in [0.29, 0.717) is 24.0 Å². The fourth-order valence-corrected chi connectivity index (χ4v) is 2.50. The maximum Gasteiger partial charge on any atom is 0.188 e.